The van der Waals surface area contributed by atoms with Crippen molar-refractivity contribution in [1.29, 1.82) is 0 Å². The summed E-state index contributed by atoms with van der Waals surface area (Å²) in [5.74, 6) is 0.608. The molecule has 100 valence electrons. The van der Waals surface area contributed by atoms with Gasteiger partial charge in [-0.05, 0) is 6.92 Å². The molecule has 1 fully saturated rings. The predicted molar refractivity (Wildman–Crippen MR) is 73.0 cm³/mol. The smallest absolute Gasteiger partial charge is 0.463 e. The zero-order valence-electron chi connectivity index (χ0n) is 10.5. The molecule has 2 heterocycles. The van der Waals surface area contributed by atoms with Crippen LogP contribution < -0.4 is 5.73 Å². The molecular weight excluding hydrogens is 313 g/mol. The van der Waals surface area contributed by atoms with E-state index in [0.717, 1.165) is 15.5 Å². The maximum absolute atomic E-state index is 9.46. The highest BCUT2D eigenvalue weighted by atomic mass is 79.9. The van der Waals surface area contributed by atoms with Gasteiger partial charge < -0.3 is 24.9 Å². The summed E-state index contributed by atoms with van der Waals surface area (Å²) in [6.07, 6.45) is 4.62. The van der Waals surface area contributed by atoms with Crippen molar-refractivity contribution in [2.45, 2.75) is 18.6 Å². The molecule has 0 aromatic rings. The molecule has 2 aliphatic heterocycles. The lowest BCUT2D eigenvalue weighted by Crippen LogP contribution is -2.42. The number of nitrogens with two attached hydrogens (primary N) is 1. The maximum atomic E-state index is 9.46. The van der Waals surface area contributed by atoms with Crippen molar-refractivity contribution in [2.24, 2.45) is 5.73 Å². The van der Waals surface area contributed by atoms with E-state index in [4.69, 9.17) is 19.8 Å². The van der Waals surface area contributed by atoms with Crippen LogP contribution in [-0.4, -0.2) is 43.7 Å². The van der Waals surface area contributed by atoms with Crippen molar-refractivity contribution in [2.75, 3.05) is 19.8 Å². The minimum Gasteiger partial charge on any atom is -0.463 e. The summed E-state index contributed by atoms with van der Waals surface area (Å²) < 4.78 is 18.3. The van der Waals surface area contributed by atoms with Gasteiger partial charge in [0.15, 0.2) is 0 Å². The first-order valence-electron chi connectivity index (χ1n) is 6.09. The molecule has 1 aliphatic carbocycles. The summed E-state index contributed by atoms with van der Waals surface area (Å²) in [5.41, 5.74) is 6.71. The molecule has 0 saturated carbocycles. The van der Waals surface area contributed by atoms with E-state index in [9.17, 15) is 5.11 Å². The quantitative estimate of drug-likeness (QED) is 0.569. The van der Waals surface area contributed by atoms with Gasteiger partial charge in [0.1, 0.15) is 39.9 Å². The fraction of sp³-hybridized carbons (Fsp3) is 0.500. The third-order valence-corrected chi connectivity index (χ3v) is 4.09. The second kappa shape index (κ2) is 4.70. The van der Waals surface area contributed by atoms with Gasteiger partial charge in [0, 0.05) is 22.5 Å². The summed E-state index contributed by atoms with van der Waals surface area (Å²) in [5, 5.41) is 9.46. The van der Waals surface area contributed by atoms with Crippen LogP contribution in [0.15, 0.2) is 27.4 Å². The maximum Gasteiger partial charge on any atom is 0.581 e. The molecule has 3 rings (SSSR count). The van der Waals surface area contributed by atoms with E-state index in [1.54, 1.807) is 13.0 Å². The standard InChI is InChI=1S/C12H14BBrNO4/c1-12(5-16)6-17-8-3-2-7(14)10-9(4-15)18-13(19-12)11(8)10/h2,9,16H,4-6,15H2,1H3/q+1/t9-,12-/m1/s1. The number of allylic oxidation sites excluding steroid dienone is 3. The Morgan fingerprint density at radius 1 is 1.68 bits per heavy atom. The molecule has 3 aliphatic rings. The Hall–Kier alpha value is -0.685. The zero-order chi connectivity index (χ0) is 13.6. The topological polar surface area (TPSA) is 73.9 Å². The number of hydrogen-bond donors (Lipinski definition) is 2. The minimum atomic E-state index is -0.801. The molecule has 2 atom stereocenters. The molecule has 0 spiro atoms. The molecule has 0 aromatic heterocycles. The number of aliphatic hydroxyl groups is 1. The Morgan fingerprint density at radius 3 is 3.16 bits per heavy atom. The number of hydrogen-bond acceptors (Lipinski definition) is 5. The molecule has 0 radical (unpaired) electrons. The first-order valence-corrected chi connectivity index (χ1v) is 6.88. The highest BCUT2D eigenvalue weighted by Gasteiger charge is 2.56. The Kier molecular flexibility index (Phi) is 3.29. The SMILES string of the molecule is C[C@@]1(CO)COC2=C3B(O[C@H](CN)C3=C(Br)C=[C+]2)O1. The molecule has 0 aromatic carbocycles. The number of ether oxygens (including phenoxy) is 1. The van der Waals surface area contributed by atoms with E-state index in [2.05, 4.69) is 22.0 Å². The van der Waals surface area contributed by atoms with Gasteiger partial charge in [0.05, 0.1) is 12.7 Å². The molecule has 19 heavy (non-hydrogen) atoms. The van der Waals surface area contributed by atoms with Gasteiger partial charge in [-0.1, -0.05) is 0 Å². The fourth-order valence-corrected chi connectivity index (χ4v) is 2.94. The average Bonchev–Trinajstić information content (AvgIpc) is 2.70. The highest BCUT2D eigenvalue weighted by molar-refractivity contribution is 9.11. The zero-order valence-corrected chi connectivity index (χ0v) is 12.1. The van der Waals surface area contributed by atoms with Crippen molar-refractivity contribution in [3.8, 4) is 0 Å². The third-order valence-electron chi connectivity index (χ3n) is 3.43. The van der Waals surface area contributed by atoms with Crippen LogP contribution in [0.5, 0.6) is 0 Å². The minimum absolute atomic E-state index is 0.148. The first-order chi connectivity index (χ1) is 9.08. The van der Waals surface area contributed by atoms with Gasteiger partial charge in [-0.15, -0.1) is 0 Å². The van der Waals surface area contributed by atoms with Gasteiger partial charge in [-0.25, -0.2) is 0 Å². The average molecular weight is 327 g/mol. The lowest BCUT2D eigenvalue weighted by molar-refractivity contribution is -0.0387. The van der Waals surface area contributed by atoms with Gasteiger partial charge >= 0.3 is 7.12 Å². The van der Waals surface area contributed by atoms with Gasteiger partial charge in [0.25, 0.3) is 5.76 Å². The van der Waals surface area contributed by atoms with Crippen LogP contribution in [-0.2, 0) is 14.0 Å². The molecule has 1 saturated heterocycles. The molecule has 7 heteroatoms. The van der Waals surface area contributed by atoms with E-state index in [1.165, 1.54) is 0 Å². The summed E-state index contributed by atoms with van der Waals surface area (Å²) in [7, 11) is -0.577. The third kappa shape index (κ3) is 2.07. The Bertz CT molecular complexity index is 504. The monoisotopic (exact) mass is 326 g/mol. The van der Waals surface area contributed by atoms with Crippen molar-refractivity contribution in [1.82, 2.24) is 0 Å². The lowest BCUT2D eigenvalue weighted by atomic mass is 9.73. The van der Waals surface area contributed by atoms with Crippen LogP contribution in [0.25, 0.3) is 0 Å². The van der Waals surface area contributed by atoms with Crippen molar-refractivity contribution >= 4 is 23.0 Å². The Balaban J connectivity index is 2.05. The van der Waals surface area contributed by atoms with Crippen molar-refractivity contribution in [3.63, 3.8) is 0 Å². The molecule has 0 unspecified atom stereocenters. The number of halogens is 1. The highest BCUT2D eigenvalue weighted by Crippen LogP contribution is 2.42. The lowest BCUT2D eigenvalue weighted by Gasteiger charge is -2.26. The number of aliphatic hydroxyl groups excluding tert-OH is 1. The summed E-state index contributed by atoms with van der Waals surface area (Å²) in [6, 6.07) is 0. The van der Waals surface area contributed by atoms with Crippen LogP contribution in [0.3, 0.4) is 0 Å². The number of rotatable bonds is 2. The normalized spacial score (nSPS) is 33.1. The van der Waals surface area contributed by atoms with E-state index in [-0.39, 0.29) is 19.3 Å². The van der Waals surface area contributed by atoms with Gasteiger partial charge in [-0.2, -0.15) is 0 Å². The molecule has 0 amide bonds. The predicted octanol–water partition coefficient (Wildman–Crippen LogP) is 0.445. The van der Waals surface area contributed by atoms with E-state index in [0.29, 0.717) is 12.3 Å². The molecule has 5 nitrogen and oxygen atoms in total. The van der Waals surface area contributed by atoms with Gasteiger partial charge in [0.2, 0.25) is 0 Å². The molecular formula is C12H14BBrNO4+. The van der Waals surface area contributed by atoms with Gasteiger partial charge in [-0.3, -0.25) is 0 Å². The van der Waals surface area contributed by atoms with E-state index in [1.807, 2.05) is 0 Å². The van der Waals surface area contributed by atoms with Crippen molar-refractivity contribution in [3.05, 3.63) is 33.4 Å². The second-order valence-corrected chi connectivity index (χ2v) is 5.85. The van der Waals surface area contributed by atoms with Crippen LogP contribution in [0.2, 0.25) is 0 Å². The molecule has 3 N–H and O–H groups in total. The second-order valence-electron chi connectivity index (χ2n) is 5.00. The van der Waals surface area contributed by atoms with Crippen LogP contribution >= 0.6 is 15.9 Å². The summed E-state index contributed by atoms with van der Waals surface area (Å²) in [6.45, 7) is 2.24. The molecule has 0 bridgehead atoms. The van der Waals surface area contributed by atoms with E-state index >= 15 is 0 Å². The van der Waals surface area contributed by atoms with Crippen molar-refractivity contribution < 1.29 is 19.2 Å². The van der Waals surface area contributed by atoms with Crippen LogP contribution in [0.1, 0.15) is 6.92 Å². The fourth-order valence-electron chi connectivity index (χ4n) is 2.36. The first kappa shape index (κ1) is 13.3. The Morgan fingerprint density at radius 2 is 2.47 bits per heavy atom. The van der Waals surface area contributed by atoms with Crippen LogP contribution in [0, 0.1) is 6.08 Å². The summed E-state index contributed by atoms with van der Waals surface area (Å²) in [4.78, 5) is 0. The summed E-state index contributed by atoms with van der Waals surface area (Å²) >= 11 is 3.49. The van der Waals surface area contributed by atoms with Crippen LogP contribution in [0.4, 0.5) is 0 Å². The largest absolute Gasteiger partial charge is 0.581 e. The van der Waals surface area contributed by atoms with E-state index < -0.39 is 12.7 Å². The Labute approximate surface area is 120 Å².